The van der Waals surface area contributed by atoms with E-state index in [1.54, 1.807) is 18.2 Å². The van der Waals surface area contributed by atoms with Gasteiger partial charge in [-0.2, -0.15) is 10.5 Å². The lowest BCUT2D eigenvalue weighted by Crippen LogP contribution is -1.95. The molecule has 0 N–H and O–H groups in total. The van der Waals surface area contributed by atoms with E-state index in [0.717, 1.165) is 24.2 Å². The van der Waals surface area contributed by atoms with Gasteiger partial charge in [-0.05, 0) is 36.6 Å². The van der Waals surface area contributed by atoms with Crippen molar-refractivity contribution in [1.82, 2.24) is 0 Å². The molecule has 0 amide bonds. The molecule has 0 atom stereocenters. The lowest BCUT2D eigenvalue weighted by molar-refractivity contribution is 0.472. The van der Waals surface area contributed by atoms with E-state index in [1.807, 2.05) is 18.2 Å². The molecule has 0 aromatic heterocycles. The molecule has 3 nitrogen and oxygen atoms in total. The van der Waals surface area contributed by atoms with Gasteiger partial charge in [-0.15, -0.1) is 0 Å². The number of benzene rings is 2. The van der Waals surface area contributed by atoms with E-state index in [-0.39, 0.29) is 0 Å². The summed E-state index contributed by atoms with van der Waals surface area (Å²) < 4.78 is 6.06. The maximum atomic E-state index is 9.43. The van der Waals surface area contributed by atoms with Gasteiger partial charge in [-0.3, -0.25) is 0 Å². The molecular formula is C29H38N2O. The van der Waals surface area contributed by atoms with E-state index in [2.05, 4.69) is 25.1 Å². The van der Waals surface area contributed by atoms with Gasteiger partial charge in [-0.25, -0.2) is 0 Å². The SMILES string of the molecule is CCCCCCCCCCCCCCCc1ccccc1Oc1cccc(C#N)c1C#N. The normalized spacial score (nSPS) is 10.5. The highest BCUT2D eigenvalue weighted by atomic mass is 16.5. The number of ether oxygens (including phenoxy) is 1. The van der Waals surface area contributed by atoms with Crippen molar-refractivity contribution < 1.29 is 4.74 Å². The summed E-state index contributed by atoms with van der Waals surface area (Å²) in [5.74, 6) is 1.22. The van der Waals surface area contributed by atoms with Crippen LogP contribution < -0.4 is 4.74 Å². The standard InChI is InChI=1S/C29H38N2O/c1-2-3-4-5-6-7-8-9-10-11-12-13-14-18-25-19-15-16-21-28(25)32-29-22-17-20-26(23-30)27(29)24-31/h15-17,19-22H,2-14,18H2,1H3. The second-order valence-corrected chi connectivity index (χ2v) is 8.60. The maximum absolute atomic E-state index is 9.43. The molecule has 0 aliphatic rings. The highest BCUT2D eigenvalue weighted by Gasteiger charge is 2.11. The molecule has 2 rings (SSSR count). The smallest absolute Gasteiger partial charge is 0.146 e. The topological polar surface area (TPSA) is 56.8 Å². The van der Waals surface area contributed by atoms with Crippen LogP contribution in [0, 0.1) is 22.7 Å². The second kappa shape index (κ2) is 15.9. The third-order valence-corrected chi connectivity index (χ3v) is 6.00. The summed E-state index contributed by atoms with van der Waals surface area (Å²) in [7, 11) is 0. The highest BCUT2D eigenvalue weighted by Crippen LogP contribution is 2.30. The molecule has 170 valence electrons. The van der Waals surface area contributed by atoms with E-state index >= 15 is 0 Å². The fourth-order valence-electron chi connectivity index (χ4n) is 4.09. The van der Waals surface area contributed by atoms with Crippen LogP contribution >= 0.6 is 0 Å². The molecule has 0 unspecified atom stereocenters. The van der Waals surface area contributed by atoms with Crippen LogP contribution in [0.4, 0.5) is 0 Å². The van der Waals surface area contributed by atoms with Crippen LogP contribution in [0.25, 0.3) is 0 Å². The number of para-hydroxylation sites is 1. The summed E-state index contributed by atoms with van der Waals surface area (Å²) in [5, 5.41) is 18.7. The first kappa shape index (κ1) is 25.5. The van der Waals surface area contributed by atoms with Crippen LogP contribution in [-0.2, 0) is 6.42 Å². The number of unbranched alkanes of at least 4 members (excludes halogenated alkanes) is 12. The van der Waals surface area contributed by atoms with Crippen molar-refractivity contribution in [2.75, 3.05) is 0 Å². The fraction of sp³-hybridized carbons (Fsp3) is 0.517. The Kier molecular flexibility index (Phi) is 12.7. The van der Waals surface area contributed by atoms with Crippen LogP contribution in [0.3, 0.4) is 0 Å². The van der Waals surface area contributed by atoms with Gasteiger partial charge in [0.25, 0.3) is 0 Å². The summed E-state index contributed by atoms with van der Waals surface area (Å²) in [5.41, 5.74) is 1.80. The van der Waals surface area contributed by atoms with Gasteiger partial charge in [0.1, 0.15) is 29.2 Å². The first-order chi connectivity index (χ1) is 15.8. The van der Waals surface area contributed by atoms with Crippen LogP contribution in [0.5, 0.6) is 11.5 Å². The van der Waals surface area contributed by atoms with E-state index in [1.165, 1.54) is 77.0 Å². The summed E-state index contributed by atoms with van der Waals surface area (Å²) in [4.78, 5) is 0. The van der Waals surface area contributed by atoms with Crippen molar-refractivity contribution in [3.8, 4) is 23.6 Å². The number of hydrogen-bond donors (Lipinski definition) is 0. The summed E-state index contributed by atoms with van der Waals surface area (Å²) in [6.07, 6.45) is 18.5. The lowest BCUT2D eigenvalue weighted by atomic mass is 10.0. The van der Waals surface area contributed by atoms with E-state index in [9.17, 15) is 10.5 Å². The van der Waals surface area contributed by atoms with E-state index in [4.69, 9.17) is 4.74 Å². The Bertz CT molecular complexity index is 875. The van der Waals surface area contributed by atoms with Gasteiger partial charge in [0.2, 0.25) is 0 Å². The third-order valence-electron chi connectivity index (χ3n) is 6.00. The van der Waals surface area contributed by atoms with Gasteiger partial charge in [0, 0.05) is 0 Å². The molecule has 0 heterocycles. The summed E-state index contributed by atoms with van der Waals surface area (Å²) in [6.45, 7) is 2.27. The van der Waals surface area contributed by atoms with Crippen molar-refractivity contribution in [3.63, 3.8) is 0 Å². The molecule has 0 saturated heterocycles. The van der Waals surface area contributed by atoms with Gasteiger partial charge < -0.3 is 4.74 Å². The van der Waals surface area contributed by atoms with Crippen molar-refractivity contribution in [2.24, 2.45) is 0 Å². The lowest BCUT2D eigenvalue weighted by Gasteiger charge is -2.12. The quantitative estimate of drug-likeness (QED) is 0.250. The largest absolute Gasteiger partial charge is 0.456 e. The predicted molar refractivity (Wildman–Crippen MR) is 132 cm³/mol. The van der Waals surface area contributed by atoms with Crippen molar-refractivity contribution in [3.05, 3.63) is 59.2 Å². The molecule has 0 aliphatic carbocycles. The second-order valence-electron chi connectivity index (χ2n) is 8.60. The average molecular weight is 431 g/mol. The zero-order chi connectivity index (χ0) is 22.9. The molecule has 3 heteroatoms. The van der Waals surface area contributed by atoms with Crippen LogP contribution in [0.2, 0.25) is 0 Å². The molecule has 32 heavy (non-hydrogen) atoms. The van der Waals surface area contributed by atoms with Gasteiger partial charge in [0.05, 0.1) is 5.56 Å². The van der Waals surface area contributed by atoms with Gasteiger partial charge in [-0.1, -0.05) is 108 Å². The minimum absolute atomic E-state index is 0.297. The molecule has 0 saturated carbocycles. The van der Waals surface area contributed by atoms with Crippen LogP contribution in [-0.4, -0.2) is 0 Å². The zero-order valence-electron chi connectivity index (χ0n) is 19.7. The molecule has 2 aromatic rings. The van der Waals surface area contributed by atoms with Crippen LogP contribution in [0.15, 0.2) is 42.5 Å². The number of nitrogens with zero attached hydrogens (tertiary/aromatic N) is 2. The fourth-order valence-corrected chi connectivity index (χ4v) is 4.09. The Morgan fingerprint density at radius 3 is 1.78 bits per heavy atom. The Morgan fingerprint density at radius 1 is 0.625 bits per heavy atom. The molecule has 0 aliphatic heterocycles. The third kappa shape index (κ3) is 9.15. The Morgan fingerprint density at radius 2 is 1.19 bits per heavy atom. The monoisotopic (exact) mass is 430 g/mol. The molecule has 2 aromatic carbocycles. The van der Waals surface area contributed by atoms with Crippen molar-refractivity contribution in [1.29, 1.82) is 10.5 Å². The van der Waals surface area contributed by atoms with E-state index in [0.29, 0.717) is 16.9 Å². The zero-order valence-corrected chi connectivity index (χ0v) is 19.7. The number of hydrogen-bond acceptors (Lipinski definition) is 3. The number of rotatable bonds is 16. The summed E-state index contributed by atoms with van der Waals surface area (Å²) in [6, 6.07) is 17.3. The highest BCUT2D eigenvalue weighted by molar-refractivity contribution is 5.55. The molecule has 0 spiro atoms. The van der Waals surface area contributed by atoms with Gasteiger partial charge >= 0.3 is 0 Å². The minimum Gasteiger partial charge on any atom is -0.456 e. The first-order valence-corrected chi connectivity index (χ1v) is 12.5. The maximum Gasteiger partial charge on any atom is 0.146 e. The van der Waals surface area contributed by atoms with Gasteiger partial charge in [0.15, 0.2) is 0 Å². The Hall–Kier alpha value is -2.78. The van der Waals surface area contributed by atoms with Crippen molar-refractivity contribution >= 4 is 0 Å². The molecule has 0 radical (unpaired) electrons. The molecular weight excluding hydrogens is 392 g/mol. The van der Waals surface area contributed by atoms with Crippen molar-refractivity contribution in [2.45, 2.75) is 96.8 Å². The minimum atomic E-state index is 0.297. The molecule has 0 bridgehead atoms. The Labute approximate surface area is 195 Å². The predicted octanol–water partition coefficient (Wildman–Crippen LogP) is 8.86. The van der Waals surface area contributed by atoms with Crippen LogP contribution in [0.1, 0.15) is 107 Å². The number of nitriles is 2. The Balaban J connectivity index is 1.67. The average Bonchev–Trinajstić information content (AvgIpc) is 2.82. The molecule has 0 fully saturated rings. The summed E-state index contributed by atoms with van der Waals surface area (Å²) >= 11 is 0. The first-order valence-electron chi connectivity index (χ1n) is 12.5. The number of aryl methyl sites for hydroxylation is 1. The van der Waals surface area contributed by atoms with E-state index < -0.39 is 0 Å².